The molecule has 7 N–H and O–H groups in total. The minimum atomic E-state index is -0.627. The number of rotatable bonds is 7. The van der Waals surface area contributed by atoms with Gasteiger partial charge in [0, 0.05) is 42.5 Å². The molecule has 42 heavy (non-hydrogen) atoms. The van der Waals surface area contributed by atoms with Crippen molar-refractivity contribution >= 4 is 35.0 Å². The molecule has 0 bridgehead atoms. The van der Waals surface area contributed by atoms with Crippen molar-refractivity contribution in [3.05, 3.63) is 65.9 Å². The molecule has 1 aromatic carbocycles. The molecule has 0 aliphatic carbocycles. The Morgan fingerprint density at radius 3 is 2.57 bits per heavy atom. The van der Waals surface area contributed by atoms with Crippen LogP contribution in [0.4, 0.5) is 26.2 Å². The number of nitrogens with two attached hydrogens (primary N) is 2. The van der Waals surface area contributed by atoms with Gasteiger partial charge in [0.2, 0.25) is 0 Å². The normalized spacial score (nSPS) is 18.4. The Kier molecular flexibility index (Phi) is 9.21. The second-order valence-corrected chi connectivity index (χ2v) is 10.5. The molecule has 3 atom stereocenters. The van der Waals surface area contributed by atoms with Crippen LogP contribution in [0.5, 0.6) is 0 Å². The summed E-state index contributed by atoms with van der Waals surface area (Å²) in [7, 11) is 1.30. The number of nitrogens with one attached hydrogen (secondary N) is 3. The molecule has 0 unspecified atom stereocenters. The van der Waals surface area contributed by atoms with Crippen LogP contribution in [0.15, 0.2) is 48.8 Å². The Bertz CT molecular complexity index is 1470. The van der Waals surface area contributed by atoms with Crippen molar-refractivity contribution in [2.45, 2.75) is 38.9 Å². The van der Waals surface area contributed by atoms with Crippen LogP contribution in [-0.2, 0) is 4.74 Å². The lowest BCUT2D eigenvalue weighted by Gasteiger charge is -2.42. The molecule has 3 amide bonds. The van der Waals surface area contributed by atoms with Gasteiger partial charge in [-0.05, 0) is 56.2 Å². The Morgan fingerprint density at radius 1 is 1.12 bits per heavy atom. The van der Waals surface area contributed by atoms with E-state index in [9.17, 15) is 18.8 Å². The van der Waals surface area contributed by atoms with Crippen LogP contribution in [0.1, 0.15) is 41.6 Å². The summed E-state index contributed by atoms with van der Waals surface area (Å²) in [6.45, 7) is 6.53. The lowest BCUT2D eigenvalue weighted by atomic mass is 9.90. The number of hydrogen-bond acceptors (Lipinski definition) is 9. The van der Waals surface area contributed by atoms with Crippen LogP contribution < -0.4 is 32.3 Å². The van der Waals surface area contributed by atoms with Crippen molar-refractivity contribution in [3.63, 3.8) is 0 Å². The topological polar surface area (TPSA) is 178 Å². The van der Waals surface area contributed by atoms with Gasteiger partial charge in [-0.15, -0.1) is 0 Å². The summed E-state index contributed by atoms with van der Waals surface area (Å²) in [5.74, 6) is -1.63. The molecule has 0 spiro atoms. The number of benzene rings is 1. The van der Waals surface area contributed by atoms with Crippen molar-refractivity contribution in [1.82, 2.24) is 20.6 Å². The van der Waals surface area contributed by atoms with E-state index in [1.54, 1.807) is 12.3 Å². The van der Waals surface area contributed by atoms with Crippen LogP contribution in [0.2, 0.25) is 0 Å². The quantitative estimate of drug-likeness (QED) is 0.282. The van der Waals surface area contributed by atoms with Gasteiger partial charge in [0.15, 0.2) is 5.69 Å². The monoisotopic (exact) mass is 578 g/mol. The molecule has 1 fully saturated rings. The smallest absolute Gasteiger partial charge is 0.407 e. The van der Waals surface area contributed by atoms with Gasteiger partial charge in [-0.25, -0.2) is 14.2 Å². The average Bonchev–Trinajstić information content (AvgIpc) is 2.95. The molecule has 0 saturated carbocycles. The number of aromatic nitrogens is 2. The molecule has 222 valence electrons. The molecule has 1 aliphatic rings. The number of pyridine rings is 2. The summed E-state index contributed by atoms with van der Waals surface area (Å²) in [4.78, 5) is 48.2. The molecular formula is C29H35FN8O4. The van der Waals surface area contributed by atoms with E-state index >= 15 is 0 Å². The largest absolute Gasteiger partial charge is 0.453 e. The molecule has 1 aliphatic heterocycles. The Labute approximate surface area is 243 Å². The summed E-state index contributed by atoms with van der Waals surface area (Å²) in [5.41, 5.74) is 14.0. The van der Waals surface area contributed by atoms with Gasteiger partial charge in [-0.2, -0.15) is 0 Å². The maximum atomic E-state index is 14.8. The molecule has 0 radical (unpaired) electrons. The van der Waals surface area contributed by atoms with Crippen molar-refractivity contribution in [3.8, 4) is 11.3 Å². The van der Waals surface area contributed by atoms with Crippen molar-refractivity contribution in [2.24, 2.45) is 11.7 Å². The van der Waals surface area contributed by atoms with Crippen molar-refractivity contribution < 1.29 is 23.5 Å². The number of alkyl carbamates (subject to hydrolysis) is 1. The Morgan fingerprint density at radius 2 is 1.88 bits per heavy atom. The zero-order valence-electron chi connectivity index (χ0n) is 23.8. The number of nitrogen functional groups attached to an aromatic ring is 1. The highest BCUT2D eigenvalue weighted by molar-refractivity contribution is 6.08. The third-order valence-electron chi connectivity index (χ3n) is 6.94. The number of anilines is 3. The average molecular weight is 579 g/mol. The van der Waals surface area contributed by atoms with E-state index in [4.69, 9.17) is 16.2 Å². The number of hydrogen-bond donors (Lipinski definition) is 5. The van der Waals surface area contributed by atoms with E-state index in [0.717, 1.165) is 0 Å². The van der Waals surface area contributed by atoms with E-state index in [1.807, 2.05) is 25.7 Å². The van der Waals surface area contributed by atoms with E-state index in [0.29, 0.717) is 24.5 Å². The lowest BCUT2D eigenvalue weighted by molar-refractivity contribution is 0.0942. The summed E-state index contributed by atoms with van der Waals surface area (Å²) in [6, 6.07) is 7.83. The Balaban J connectivity index is 1.58. The number of methoxy groups -OCH3 is 1. The van der Waals surface area contributed by atoms with E-state index in [-0.39, 0.29) is 52.1 Å². The molecule has 12 nitrogen and oxygen atoms in total. The predicted octanol–water partition coefficient (Wildman–Crippen LogP) is 2.76. The fraction of sp³-hybridized carbons (Fsp3) is 0.345. The maximum absolute atomic E-state index is 14.8. The van der Waals surface area contributed by atoms with E-state index < -0.39 is 23.9 Å². The third kappa shape index (κ3) is 6.74. The highest BCUT2D eigenvalue weighted by Crippen LogP contribution is 2.30. The molecule has 4 rings (SSSR count). The second-order valence-electron chi connectivity index (χ2n) is 10.5. The first-order valence-electron chi connectivity index (χ1n) is 13.5. The number of halogens is 1. The van der Waals surface area contributed by atoms with Gasteiger partial charge < -0.3 is 37.1 Å². The van der Waals surface area contributed by atoms with Crippen LogP contribution in [0.25, 0.3) is 11.3 Å². The van der Waals surface area contributed by atoms with Gasteiger partial charge in [-0.1, -0.05) is 6.92 Å². The maximum Gasteiger partial charge on any atom is 0.407 e. The second kappa shape index (κ2) is 12.8. The minimum absolute atomic E-state index is 0.0353. The summed E-state index contributed by atoms with van der Waals surface area (Å²) in [5, 5.41) is 8.37. The van der Waals surface area contributed by atoms with Crippen LogP contribution >= 0.6 is 0 Å². The van der Waals surface area contributed by atoms with Crippen molar-refractivity contribution in [2.75, 3.05) is 36.1 Å². The highest BCUT2D eigenvalue weighted by Gasteiger charge is 2.34. The third-order valence-corrected chi connectivity index (χ3v) is 6.94. The fourth-order valence-electron chi connectivity index (χ4n) is 4.92. The molecule has 3 aromatic rings. The first-order chi connectivity index (χ1) is 20.0. The number of amides is 3. The highest BCUT2D eigenvalue weighted by atomic mass is 19.1. The van der Waals surface area contributed by atoms with Crippen molar-refractivity contribution in [1.29, 1.82) is 0 Å². The molecule has 13 heteroatoms. The number of ether oxygens (including phenoxy) is 1. The van der Waals surface area contributed by atoms with Crippen LogP contribution in [0.3, 0.4) is 0 Å². The molecule has 3 heterocycles. The number of carbonyl (C=O) groups excluding carboxylic acids is 3. The summed E-state index contributed by atoms with van der Waals surface area (Å²) >= 11 is 0. The van der Waals surface area contributed by atoms with Gasteiger partial charge in [0.05, 0.1) is 42.1 Å². The summed E-state index contributed by atoms with van der Waals surface area (Å²) < 4.78 is 19.6. The zero-order chi connectivity index (χ0) is 30.6. The van der Waals surface area contributed by atoms with Gasteiger partial charge in [-0.3, -0.25) is 14.6 Å². The Hall–Kier alpha value is -4.78. The number of nitrogens with zero attached hydrogens (tertiary/aromatic N) is 3. The zero-order valence-corrected chi connectivity index (χ0v) is 23.8. The fourth-order valence-corrected chi connectivity index (χ4v) is 4.92. The summed E-state index contributed by atoms with van der Waals surface area (Å²) in [6.07, 6.45) is 2.54. The number of carbonyl (C=O) groups is 3. The van der Waals surface area contributed by atoms with E-state index in [2.05, 4.69) is 25.9 Å². The predicted molar refractivity (Wildman–Crippen MR) is 158 cm³/mol. The molecular weight excluding hydrogens is 543 g/mol. The lowest BCUT2D eigenvalue weighted by Crippen LogP contribution is -2.62. The minimum Gasteiger partial charge on any atom is -0.453 e. The van der Waals surface area contributed by atoms with Gasteiger partial charge in [0.25, 0.3) is 11.8 Å². The van der Waals surface area contributed by atoms with Gasteiger partial charge in [0.1, 0.15) is 5.82 Å². The van der Waals surface area contributed by atoms with Crippen LogP contribution in [0, 0.1) is 11.7 Å². The molecule has 2 aromatic heterocycles. The standard InChI is InChI=1S/C29H35FN8O4/c1-15(2)34-27(39)17-5-6-19(30)18(11-17)22-8-7-20(31)26(35-22)28(40)36-23-12-33-10-9-24(23)38-13-16(3)25(21(32)14-38)37-29(41)42-4/h5-12,15-16,21,25H,13-14,31-32H2,1-4H3,(H,34,39)(H,36,40)(H,37,41)/t16-,21+,25-/m0/s1. The van der Waals surface area contributed by atoms with E-state index in [1.165, 1.54) is 43.6 Å². The van der Waals surface area contributed by atoms with Crippen LogP contribution in [-0.4, -0.2) is 66.2 Å². The SMILES string of the molecule is COC(=O)N[C@@H]1[C@H](N)CN(c2ccncc2NC(=O)c2nc(-c3cc(C(=O)NC(C)C)ccc3F)ccc2N)C[C@@H]1C. The molecule has 1 saturated heterocycles. The number of piperidine rings is 1. The first-order valence-corrected chi connectivity index (χ1v) is 13.5. The van der Waals surface area contributed by atoms with Gasteiger partial charge >= 0.3 is 6.09 Å². The first kappa shape index (κ1) is 30.2.